The molecule has 0 saturated heterocycles. The number of methoxy groups -OCH3 is 3. The predicted molar refractivity (Wildman–Crippen MR) is 105 cm³/mol. The number of rotatable bonds is 3. The van der Waals surface area contributed by atoms with E-state index in [4.69, 9.17) is 14.2 Å². The van der Waals surface area contributed by atoms with E-state index < -0.39 is 0 Å². The van der Waals surface area contributed by atoms with Gasteiger partial charge in [0, 0.05) is 28.4 Å². The van der Waals surface area contributed by atoms with E-state index in [1.807, 2.05) is 6.07 Å². The maximum atomic E-state index is 5.53. The highest BCUT2D eigenvalue weighted by atomic mass is 16.5. The summed E-state index contributed by atoms with van der Waals surface area (Å²) in [6.07, 6.45) is 2.19. The number of fused-ring (bicyclic) bond motifs is 4. The molecule has 1 heterocycles. The lowest BCUT2D eigenvalue weighted by Gasteiger charge is -2.34. The third-order valence-corrected chi connectivity index (χ3v) is 5.45. The van der Waals surface area contributed by atoms with E-state index in [-0.39, 0.29) is 0 Å². The maximum Gasteiger partial charge on any atom is 0.161 e. The summed E-state index contributed by atoms with van der Waals surface area (Å²) < 4.78 is 16.5. The Morgan fingerprint density at radius 1 is 0.769 bits per heavy atom. The van der Waals surface area contributed by atoms with Gasteiger partial charge in [-0.3, -0.25) is 0 Å². The van der Waals surface area contributed by atoms with E-state index in [1.165, 1.54) is 32.9 Å². The van der Waals surface area contributed by atoms with Crippen LogP contribution >= 0.6 is 0 Å². The summed E-state index contributed by atoms with van der Waals surface area (Å²) in [5.41, 5.74) is 4.90. The molecule has 0 unspecified atom stereocenters. The van der Waals surface area contributed by atoms with E-state index in [0.29, 0.717) is 0 Å². The molecule has 0 fully saturated rings. The molecular formula is C22H19NO3. The molecule has 1 aliphatic carbocycles. The van der Waals surface area contributed by atoms with Gasteiger partial charge in [0.2, 0.25) is 0 Å². The molecule has 0 saturated carbocycles. The smallest absolute Gasteiger partial charge is 0.161 e. The van der Waals surface area contributed by atoms with Crippen molar-refractivity contribution in [2.75, 3.05) is 33.3 Å². The molecule has 4 nitrogen and oxygen atoms in total. The first kappa shape index (κ1) is 15.1. The Morgan fingerprint density at radius 2 is 1.46 bits per heavy atom. The molecule has 1 aliphatic heterocycles. The highest BCUT2D eigenvalue weighted by Gasteiger charge is 2.28. The average Bonchev–Trinajstić information content (AvgIpc) is 2.65. The van der Waals surface area contributed by atoms with Crippen molar-refractivity contribution in [2.45, 2.75) is 0 Å². The number of nitrogens with zero attached hydrogens (tertiary/aromatic N) is 1. The van der Waals surface area contributed by atoms with E-state index in [0.717, 1.165) is 28.0 Å². The van der Waals surface area contributed by atoms with Crippen LogP contribution in [0.15, 0.2) is 36.4 Å². The van der Waals surface area contributed by atoms with Crippen LogP contribution < -0.4 is 29.5 Å². The second-order valence-corrected chi connectivity index (χ2v) is 6.58. The van der Waals surface area contributed by atoms with E-state index in [2.05, 4.69) is 48.4 Å². The van der Waals surface area contributed by atoms with Gasteiger partial charge < -0.3 is 19.1 Å². The molecule has 0 radical (unpaired) electrons. The third kappa shape index (κ3) is 1.74. The lowest BCUT2D eigenvalue weighted by atomic mass is 9.87. The summed E-state index contributed by atoms with van der Waals surface area (Å²) in [5.74, 6) is 2.41. The van der Waals surface area contributed by atoms with Gasteiger partial charge in [-0.1, -0.05) is 12.1 Å². The molecule has 5 rings (SSSR count). The van der Waals surface area contributed by atoms with Crippen LogP contribution in [0.4, 0.5) is 5.69 Å². The summed E-state index contributed by atoms with van der Waals surface area (Å²) in [7, 11) is 7.17. The lowest BCUT2D eigenvalue weighted by molar-refractivity contribution is 0.356. The molecule has 3 aromatic rings. The van der Waals surface area contributed by atoms with Crippen molar-refractivity contribution < 1.29 is 14.2 Å². The van der Waals surface area contributed by atoms with Gasteiger partial charge in [0.05, 0.1) is 32.7 Å². The molecule has 2 aliphatic rings. The van der Waals surface area contributed by atoms with Crippen molar-refractivity contribution in [1.82, 2.24) is 0 Å². The Morgan fingerprint density at radius 3 is 2.19 bits per heavy atom. The predicted octanol–water partition coefficient (Wildman–Crippen LogP) is 2.88. The molecule has 0 atom stereocenters. The van der Waals surface area contributed by atoms with Crippen LogP contribution in [0.25, 0.3) is 33.7 Å². The monoisotopic (exact) mass is 345 g/mol. The minimum absolute atomic E-state index is 0.741. The molecule has 0 spiro atoms. The van der Waals surface area contributed by atoms with Crippen LogP contribution in [-0.2, 0) is 0 Å². The maximum absolute atomic E-state index is 5.53. The number of anilines is 1. The minimum atomic E-state index is 0.741. The molecule has 26 heavy (non-hydrogen) atoms. The number of benzene rings is 3. The molecule has 0 bridgehead atoms. The van der Waals surface area contributed by atoms with E-state index >= 15 is 0 Å². The van der Waals surface area contributed by atoms with Crippen molar-refractivity contribution in [3.63, 3.8) is 0 Å². The first-order valence-electron chi connectivity index (χ1n) is 8.53. The zero-order valence-corrected chi connectivity index (χ0v) is 15.2. The first-order chi connectivity index (χ1) is 12.7. The second-order valence-electron chi connectivity index (χ2n) is 6.58. The van der Waals surface area contributed by atoms with E-state index in [9.17, 15) is 0 Å². The molecule has 4 heteroatoms. The largest absolute Gasteiger partial charge is 0.496 e. The molecule has 130 valence electrons. The molecule has 0 aromatic heterocycles. The summed E-state index contributed by atoms with van der Waals surface area (Å²) in [5, 5.41) is 4.74. The van der Waals surface area contributed by atoms with Crippen molar-refractivity contribution in [2.24, 2.45) is 0 Å². The normalized spacial score (nSPS) is 13.5. The van der Waals surface area contributed by atoms with Crippen molar-refractivity contribution in [3.8, 4) is 28.4 Å². The number of hydrogen-bond acceptors (Lipinski definition) is 4. The van der Waals surface area contributed by atoms with Crippen molar-refractivity contribution >= 4 is 28.2 Å². The van der Waals surface area contributed by atoms with Gasteiger partial charge in [-0.25, -0.2) is 0 Å². The van der Waals surface area contributed by atoms with Gasteiger partial charge in [-0.2, -0.15) is 0 Å². The van der Waals surface area contributed by atoms with Gasteiger partial charge >= 0.3 is 0 Å². The van der Waals surface area contributed by atoms with Crippen LogP contribution in [0.1, 0.15) is 0 Å². The number of ether oxygens (including phenoxy) is 3. The Kier molecular flexibility index (Phi) is 3.02. The zero-order chi connectivity index (χ0) is 18.0. The Balaban J connectivity index is 1.85. The molecule has 0 N–H and O–H groups in total. The molecule has 3 aromatic carbocycles. The number of hydrogen-bond donors (Lipinski definition) is 0. The van der Waals surface area contributed by atoms with Crippen LogP contribution in [0.3, 0.4) is 0 Å². The highest BCUT2D eigenvalue weighted by molar-refractivity contribution is 6.11. The molecular weight excluding hydrogens is 326 g/mol. The first-order valence-corrected chi connectivity index (χ1v) is 8.53. The Labute approximate surface area is 151 Å². The van der Waals surface area contributed by atoms with Gasteiger partial charge in [0.15, 0.2) is 11.5 Å². The lowest BCUT2D eigenvalue weighted by Crippen LogP contribution is -2.44. The van der Waals surface area contributed by atoms with Crippen LogP contribution in [0.2, 0.25) is 0 Å². The van der Waals surface area contributed by atoms with E-state index in [1.54, 1.807) is 21.3 Å². The zero-order valence-electron chi connectivity index (χ0n) is 15.2. The van der Waals surface area contributed by atoms with Gasteiger partial charge in [-0.15, -0.1) is 0 Å². The summed E-state index contributed by atoms with van der Waals surface area (Å²) in [4.78, 5) is 2.26. The summed E-state index contributed by atoms with van der Waals surface area (Å²) >= 11 is 0. The summed E-state index contributed by atoms with van der Waals surface area (Å²) in [6, 6.07) is 12.6. The topological polar surface area (TPSA) is 30.9 Å². The van der Waals surface area contributed by atoms with Crippen LogP contribution in [-0.4, -0.2) is 28.4 Å². The fraction of sp³-hybridized carbons (Fsp3) is 0.182. The fourth-order valence-corrected chi connectivity index (χ4v) is 4.15. The Bertz CT molecular complexity index is 1210. The second kappa shape index (κ2) is 5.18. The molecule has 0 amide bonds. The highest BCUT2D eigenvalue weighted by Crippen LogP contribution is 2.44. The Hall–Kier alpha value is -3.14. The van der Waals surface area contributed by atoms with Crippen LogP contribution in [0.5, 0.6) is 17.2 Å². The SMILES string of the molecule is COc1cc2ccc3c(c2cc1OC)N(C)C1=c2c-3ccc(OC)c2=C1. The quantitative estimate of drug-likeness (QED) is 0.730. The minimum Gasteiger partial charge on any atom is -0.496 e. The van der Waals surface area contributed by atoms with Gasteiger partial charge in [-0.05, 0) is 41.3 Å². The third-order valence-electron chi connectivity index (χ3n) is 5.45. The van der Waals surface area contributed by atoms with Crippen molar-refractivity contribution in [1.29, 1.82) is 0 Å². The van der Waals surface area contributed by atoms with Crippen LogP contribution in [0, 0.1) is 0 Å². The van der Waals surface area contributed by atoms with Gasteiger partial charge in [0.25, 0.3) is 0 Å². The summed E-state index contributed by atoms with van der Waals surface area (Å²) in [6.45, 7) is 0. The standard InChI is InChI=1S/C22H19NO3/c1-23-17-10-16-18(24-2)8-7-13(21(16)17)14-6-5-12-9-19(25-3)20(26-4)11-15(12)22(14)23/h5-11H,1-4H3. The van der Waals surface area contributed by atoms with Gasteiger partial charge in [0.1, 0.15) is 5.75 Å². The van der Waals surface area contributed by atoms with Crippen molar-refractivity contribution in [3.05, 3.63) is 46.8 Å². The average molecular weight is 345 g/mol. The fourth-order valence-electron chi connectivity index (χ4n) is 4.15.